The van der Waals surface area contributed by atoms with Gasteiger partial charge in [0.2, 0.25) is 5.91 Å². The van der Waals surface area contributed by atoms with Crippen LogP contribution in [0, 0.1) is 5.82 Å². The highest BCUT2D eigenvalue weighted by molar-refractivity contribution is 5.78. The van der Waals surface area contributed by atoms with Crippen molar-refractivity contribution in [2.24, 2.45) is 0 Å². The van der Waals surface area contributed by atoms with Crippen molar-refractivity contribution in [2.45, 2.75) is 32.9 Å². The maximum Gasteiger partial charge on any atom is 0.234 e. The third-order valence-electron chi connectivity index (χ3n) is 4.08. The van der Waals surface area contributed by atoms with Gasteiger partial charge in [-0.15, -0.1) is 0 Å². The molecule has 24 heavy (non-hydrogen) atoms. The van der Waals surface area contributed by atoms with Gasteiger partial charge in [0.05, 0.1) is 12.6 Å². The molecule has 0 aliphatic heterocycles. The van der Waals surface area contributed by atoms with Crippen LogP contribution < -0.4 is 5.32 Å². The molecule has 0 fully saturated rings. The van der Waals surface area contributed by atoms with E-state index in [9.17, 15) is 9.18 Å². The number of halogens is 1. The molecule has 0 bridgehead atoms. The molecule has 2 rings (SSSR count). The Kier molecular flexibility index (Phi) is 6.50. The number of carbonyl (C=O) groups excluding carboxylic acids is 1. The Bertz CT molecular complexity index is 670. The van der Waals surface area contributed by atoms with Crippen LogP contribution in [-0.2, 0) is 17.8 Å². The molecule has 1 unspecified atom stereocenters. The normalized spacial score (nSPS) is 12.2. The van der Waals surface area contributed by atoms with Crippen LogP contribution in [0.3, 0.4) is 0 Å². The molecule has 0 saturated carbocycles. The van der Waals surface area contributed by atoms with Crippen LogP contribution in [0.2, 0.25) is 0 Å². The van der Waals surface area contributed by atoms with E-state index in [0.29, 0.717) is 12.1 Å². The Morgan fingerprint density at radius 2 is 1.83 bits per heavy atom. The van der Waals surface area contributed by atoms with Crippen molar-refractivity contribution < 1.29 is 9.18 Å². The van der Waals surface area contributed by atoms with Crippen molar-refractivity contribution in [1.29, 1.82) is 0 Å². The van der Waals surface area contributed by atoms with E-state index in [-0.39, 0.29) is 24.3 Å². The van der Waals surface area contributed by atoms with Crippen LogP contribution in [-0.4, -0.2) is 24.4 Å². The number of nitrogens with one attached hydrogen (secondary N) is 1. The van der Waals surface area contributed by atoms with Gasteiger partial charge in [0.25, 0.3) is 0 Å². The Morgan fingerprint density at radius 3 is 2.46 bits per heavy atom. The summed E-state index contributed by atoms with van der Waals surface area (Å²) < 4.78 is 13.7. The van der Waals surface area contributed by atoms with Crippen molar-refractivity contribution >= 4 is 5.91 Å². The summed E-state index contributed by atoms with van der Waals surface area (Å²) in [4.78, 5) is 14.0. The minimum Gasteiger partial charge on any atom is -0.348 e. The van der Waals surface area contributed by atoms with Crippen LogP contribution in [0.4, 0.5) is 4.39 Å². The molecule has 1 amide bonds. The summed E-state index contributed by atoms with van der Waals surface area (Å²) in [7, 11) is 1.81. The predicted octanol–water partition coefficient (Wildman–Crippen LogP) is 3.70. The molecule has 0 heterocycles. The summed E-state index contributed by atoms with van der Waals surface area (Å²) in [6.07, 6.45) is 1.00. The van der Waals surface area contributed by atoms with Gasteiger partial charge in [0.15, 0.2) is 0 Å². The molecule has 0 saturated heterocycles. The third kappa shape index (κ3) is 5.17. The number of hydrogen-bond donors (Lipinski definition) is 1. The molecule has 1 atom stereocenters. The average Bonchev–Trinajstić information content (AvgIpc) is 2.56. The first kappa shape index (κ1) is 18.1. The number of aryl methyl sites for hydroxylation is 1. The van der Waals surface area contributed by atoms with E-state index < -0.39 is 0 Å². The van der Waals surface area contributed by atoms with E-state index in [1.165, 1.54) is 11.6 Å². The maximum absolute atomic E-state index is 13.7. The molecule has 0 aliphatic carbocycles. The van der Waals surface area contributed by atoms with Crippen molar-refractivity contribution in [3.63, 3.8) is 0 Å². The first-order valence-corrected chi connectivity index (χ1v) is 8.29. The SMILES string of the molecule is CCc1ccc(C(C)NC(=O)CN(C)Cc2ccccc2F)cc1. The fraction of sp³-hybridized carbons (Fsp3) is 0.350. The zero-order valence-corrected chi connectivity index (χ0v) is 14.6. The number of carbonyl (C=O) groups is 1. The fourth-order valence-corrected chi connectivity index (χ4v) is 2.63. The second kappa shape index (κ2) is 8.60. The second-order valence-electron chi connectivity index (χ2n) is 6.15. The zero-order chi connectivity index (χ0) is 17.5. The summed E-state index contributed by atoms with van der Waals surface area (Å²) >= 11 is 0. The van der Waals surface area contributed by atoms with Gasteiger partial charge >= 0.3 is 0 Å². The lowest BCUT2D eigenvalue weighted by Crippen LogP contribution is -2.36. The summed E-state index contributed by atoms with van der Waals surface area (Å²) in [6, 6.07) is 14.9. The number of hydrogen-bond acceptors (Lipinski definition) is 2. The van der Waals surface area contributed by atoms with E-state index in [2.05, 4.69) is 24.4 Å². The monoisotopic (exact) mass is 328 g/mol. The molecule has 0 aromatic heterocycles. The smallest absolute Gasteiger partial charge is 0.234 e. The van der Waals surface area contributed by atoms with Gasteiger partial charge in [-0.2, -0.15) is 0 Å². The lowest BCUT2D eigenvalue weighted by Gasteiger charge is -2.19. The summed E-state index contributed by atoms with van der Waals surface area (Å²) in [5.74, 6) is -0.310. The molecule has 1 N–H and O–H groups in total. The number of rotatable bonds is 7. The zero-order valence-electron chi connectivity index (χ0n) is 14.6. The van der Waals surface area contributed by atoms with E-state index in [0.717, 1.165) is 12.0 Å². The third-order valence-corrected chi connectivity index (χ3v) is 4.08. The Labute approximate surface area is 143 Å². The van der Waals surface area contributed by atoms with Gasteiger partial charge in [-0.3, -0.25) is 9.69 Å². The van der Waals surface area contributed by atoms with E-state index in [1.54, 1.807) is 23.1 Å². The maximum atomic E-state index is 13.7. The molecule has 2 aromatic rings. The standard InChI is InChI=1S/C20H25FN2O/c1-4-16-9-11-17(12-10-16)15(2)22-20(24)14-23(3)13-18-7-5-6-8-19(18)21/h5-12,15H,4,13-14H2,1-3H3,(H,22,24). The van der Waals surface area contributed by atoms with Crippen LogP contribution in [0.1, 0.15) is 36.6 Å². The number of amides is 1. The van der Waals surface area contributed by atoms with E-state index in [1.807, 2.05) is 26.1 Å². The van der Waals surface area contributed by atoms with Crippen molar-refractivity contribution in [3.8, 4) is 0 Å². The first-order chi connectivity index (χ1) is 11.5. The van der Waals surface area contributed by atoms with E-state index >= 15 is 0 Å². The van der Waals surface area contributed by atoms with Gasteiger partial charge in [-0.1, -0.05) is 49.4 Å². The molecule has 3 nitrogen and oxygen atoms in total. The van der Waals surface area contributed by atoms with Crippen LogP contribution in [0.25, 0.3) is 0 Å². The number of benzene rings is 2. The summed E-state index contributed by atoms with van der Waals surface area (Å²) in [5.41, 5.74) is 2.95. The highest BCUT2D eigenvalue weighted by Crippen LogP contribution is 2.14. The second-order valence-corrected chi connectivity index (χ2v) is 6.15. The van der Waals surface area contributed by atoms with Gasteiger partial charge in [0, 0.05) is 12.1 Å². The van der Waals surface area contributed by atoms with Gasteiger partial charge < -0.3 is 5.32 Å². The predicted molar refractivity (Wildman–Crippen MR) is 95.1 cm³/mol. The van der Waals surface area contributed by atoms with Crippen molar-refractivity contribution in [1.82, 2.24) is 10.2 Å². The quantitative estimate of drug-likeness (QED) is 0.840. The Balaban J connectivity index is 1.86. The number of nitrogens with zero attached hydrogens (tertiary/aromatic N) is 1. The van der Waals surface area contributed by atoms with Crippen LogP contribution in [0.15, 0.2) is 48.5 Å². The lowest BCUT2D eigenvalue weighted by atomic mass is 10.1. The van der Waals surface area contributed by atoms with Crippen molar-refractivity contribution in [2.75, 3.05) is 13.6 Å². The van der Waals surface area contributed by atoms with Crippen LogP contribution in [0.5, 0.6) is 0 Å². The first-order valence-electron chi connectivity index (χ1n) is 8.29. The average molecular weight is 328 g/mol. The van der Waals surface area contributed by atoms with Gasteiger partial charge in [-0.05, 0) is 37.6 Å². The van der Waals surface area contributed by atoms with Gasteiger partial charge in [0.1, 0.15) is 5.82 Å². The van der Waals surface area contributed by atoms with Crippen molar-refractivity contribution in [3.05, 3.63) is 71.0 Å². The highest BCUT2D eigenvalue weighted by atomic mass is 19.1. The molecule has 2 aromatic carbocycles. The minimum atomic E-state index is -0.242. The van der Waals surface area contributed by atoms with E-state index in [4.69, 9.17) is 0 Å². The van der Waals surface area contributed by atoms with Crippen LogP contribution >= 0.6 is 0 Å². The minimum absolute atomic E-state index is 0.0507. The highest BCUT2D eigenvalue weighted by Gasteiger charge is 2.13. The molecule has 4 heteroatoms. The molecule has 128 valence electrons. The lowest BCUT2D eigenvalue weighted by molar-refractivity contribution is -0.122. The number of likely N-dealkylation sites (N-methyl/N-ethyl adjacent to an activating group) is 1. The Hall–Kier alpha value is -2.20. The molecular weight excluding hydrogens is 303 g/mol. The summed E-state index contributed by atoms with van der Waals surface area (Å²) in [6.45, 7) is 4.72. The van der Waals surface area contributed by atoms with Gasteiger partial charge in [-0.25, -0.2) is 4.39 Å². The molecular formula is C20H25FN2O. The topological polar surface area (TPSA) is 32.3 Å². The molecule has 0 aliphatic rings. The largest absolute Gasteiger partial charge is 0.348 e. The molecule has 0 radical (unpaired) electrons. The summed E-state index contributed by atoms with van der Waals surface area (Å²) in [5, 5.41) is 2.99. The molecule has 0 spiro atoms. The fourth-order valence-electron chi connectivity index (χ4n) is 2.63. The Morgan fingerprint density at radius 1 is 1.17 bits per heavy atom.